The fourth-order valence-corrected chi connectivity index (χ4v) is 4.37. The van der Waals surface area contributed by atoms with Gasteiger partial charge in [-0.3, -0.25) is 9.13 Å². The molecule has 190 valence electrons. The molecule has 1 aliphatic rings. The van der Waals surface area contributed by atoms with E-state index in [0.29, 0.717) is 35.9 Å². The van der Waals surface area contributed by atoms with E-state index in [1.54, 1.807) is 53.1 Å². The van der Waals surface area contributed by atoms with E-state index in [1.807, 2.05) is 0 Å². The number of nitrogens with zero attached hydrogens (tertiary/aromatic N) is 5. The zero-order chi connectivity index (χ0) is 25.5. The quantitative estimate of drug-likeness (QED) is 0.507. The molecule has 0 unspecified atom stereocenters. The van der Waals surface area contributed by atoms with Crippen molar-refractivity contribution in [2.45, 2.75) is 51.4 Å². The van der Waals surface area contributed by atoms with Crippen LogP contribution in [-0.4, -0.2) is 49.1 Å². The maximum Gasteiger partial charge on any atom is 0.391 e. The van der Waals surface area contributed by atoms with Gasteiger partial charge in [0.1, 0.15) is 5.02 Å². The maximum absolute atomic E-state index is 13.0. The number of piperidine rings is 1. The Kier molecular flexibility index (Phi) is 6.76. The third-order valence-corrected chi connectivity index (χ3v) is 6.60. The fourth-order valence-electron chi connectivity index (χ4n) is 4.23. The molecule has 0 aliphatic carbocycles. The largest absolute Gasteiger partial charge is 0.391 e. The molecule has 0 spiro atoms. The summed E-state index contributed by atoms with van der Waals surface area (Å²) in [5, 5.41) is 13.5. The van der Waals surface area contributed by atoms with Crippen molar-refractivity contribution in [3.05, 3.63) is 39.9 Å². The Morgan fingerprint density at radius 3 is 2.51 bits per heavy atom. The first-order valence-corrected chi connectivity index (χ1v) is 11.7. The van der Waals surface area contributed by atoms with Gasteiger partial charge in [0.25, 0.3) is 0 Å². The number of imidazole rings is 1. The Balaban J connectivity index is 1.58. The van der Waals surface area contributed by atoms with Crippen LogP contribution in [0.3, 0.4) is 0 Å². The van der Waals surface area contributed by atoms with Crippen molar-refractivity contribution in [3.8, 4) is 0 Å². The van der Waals surface area contributed by atoms with Crippen LogP contribution in [-0.2, 0) is 13.6 Å². The summed E-state index contributed by atoms with van der Waals surface area (Å²) in [5.74, 6) is -0.689. The molecule has 0 radical (unpaired) electrons. The van der Waals surface area contributed by atoms with Crippen LogP contribution in [0.25, 0.3) is 11.0 Å². The average molecular weight is 513 g/mol. The average Bonchev–Trinajstić information content (AvgIpc) is 3.02. The van der Waals surface area contributed by atoms with Crippen LogP contribution in [0.1, 0.15) is 33.1 Å². The highest BCUT2D eigenvalue weighted by atomic mass is 35.5. The van der Waals surface area contributed by atoms with Crippen LogP contribution in [0.15, 0.2) is 29.2 Å². The predicted octanol–water partition coefficient (Wildman–Crippen LogP) is 4.47. The molecule has 2 N–H and O–H groups in total. The van der Waals surface area contributed by atoms with Gasteiger partial charge in [0, 0.05) is 32.4 Å². The van der Waals surface area contributed by atoms with Crippen molar-refractivity contribution in [1.29, 1.82) is 0 Å². The molecule has 1 fully saturated rings. The molecule has 0 atom stereocenters. The smallest absolute Gasteiger partial charge is 0.390 e. The Morgan fingerprint density at radius 2 is 1.89 bits per heavy atom. The zero-order valence-electron chi connectivity index (χ0n) is 19.7. The normalized spacial score (nSPS) is 15.7. The van der Waals surface area contributed by atoms with Crippen molar-refractivity contribution < 1.29 is 18.3 Å². The second kappa shape index (κ2) is 9.34. The number of fused-ring (bicyclic) bond motifs is 1. The molecule has 1 aromatic carbocycles. The fraction of sp³-hybridized carbons (Fsp3) is 0.522. The number of nitrogens with one attached hydrogen (secondary N) is 1. The van der Waals surface area contributed by atoms with Crippen LogP contribution in [0.4, 0.5) is 30.6 Å². The lowest BCUT2D eigenvalue weighted by atomic mass is 9.96. The highest BCUT2D eigenvalue weighted by molar-refractivity contribution is 6.32. The van der Waals surface area contributed by atoms with E-state index in [1.165, 1.54) is 6.20 Å². The summed E-state index contributed by atoms with van der Waals surface area (Å²) in [6.07, 6.45) is -2.39. The summed E-state index contributed by atoms with van der Waals surface area (Å²) in [4.78, 5) is 23.1. The molecule has 4 rings (SSSR count). The lowest BCUT2D eigenvalue weighted by Crippen LogP contribution is -2.39. The van der Waals surface area contributed by atoms with E-state index in [2.05, 4.69) is 15.3 Å². The summed E-state index contributed by atoms with van der Waals surface area (Å²) in [5.41, 5.74) is 0.940. The van der Waals surface area contributed by atoms with Crippen molar-refractivity contribution in [2.75, 3.05) is 23.3 Å². The number of halogens is 4. The molecule has 3 heterocycles. The van der Waals surface area contributed by atoms with Crippen molar-refractivity contribution >= 4 is 40.1 Å². The summed E-state index contributed by atoms with van der Waals surface area (Å²) >= 11 is 6.30. The molecule has 1 aliphatic heterocycles. The monoisotopic (exact) mass is 512 g/mol. The molecule has 0 bridgehead atoms. The van der Waals surface area contributed by atoms with Gasteiger partial charge < -0.3 is 15.3 Å². The van der Waals surface area contributed by atoms with E-state index in [0.717, 1.165) is 5.52 Å². The minimum Gasteiger partial charge on any atom is -0.390 e. The number of aliphatic hydroxyl groups is 1. The predicted molar refractivity (Wildman–Crippen MR) is 129 cm³/mol. The lowest BCUT2D eigenvalue weighted by molar-refractivity contribution is -0.179. The van der Waals surface area contributed by atoms with Gasteiger partial charge in [0.2, 0.25) is 5.95 Å². The van der Waals surface area contributed by atoms with E-state index in [-0.39, 0.29) is 36.6 Å². The molecule has 12 heteroatoms. The standard InChI is InChI=1S/C23H28ClF3N6O2/c1-22(2,35)8-11-33-18-12-15(4-5-17(18)31(3)21(33)34)29-19-16(24)13-28-20(30-19)32-9-6-14(7-10-32)23(25,26)27/h4-5,12-14,35H,6-11H2,1-3H3,(H,28,29,30). The van der Waals surface area contributed by atoms with Crippen molar-refractivity contribution in [2.24, 2.45) is 13.0 Å². The number of anilines is 3. The Labute approximate surface area is 205 Å². The first-order chi connectivity index (χ1) is 16.3. The summed E-state index contributed by atoms with van der Waals surface area (Å²) < 4.78 is 42.1. The van der Waals surface area contributed by atoms with Gasteiger partial charge in [-0.1, -0.05) is 11.6 Å². The number of aromatic nitrogens is 4. The molecular weight excluding hydrogens is 485 g/mol. The topological polar surface area (TPSA) is 88.2 Å². The van der Waals surface area contributed by atoms with Gasteiger partial charge >= 0.3 is 11.9 Å². The molecule has 35 heavy (non-hydrogen) atoms. The van der Waals surface area contributed by atoms with Crippen molar-refractivity contribution in [1.82, 2.24) is 19.1 Å². The molecule has 0 saturated carbocycles. The van der Waals surface area contributed by atoms with Gasteiger partial charge in [-0.2, -0.15) is 18.2 Å². The third-order valence-electron chi connectivity index (χ3n) is 6.33. The number of aryl methyl sites for hydroxylation is 2. The highest BCUT2D eigenvalue weighted by Gasteiger charge is 2.41. The maximum atomic E-state index is 13.0. The molecule has 2 aromatic heterocycles. The number of alkyl halides is 3. The molecule has 0 amide bonds. The molecular formula is C23H28ClF3N6O2. The first kappa shape index (κ1) is 25.3. The zero-order valence-corrected chi connectivity index (χ0v) is 20.5. The Bertz CT molecular complexity index is 1270. The highest BCUT2D eigenvalue weighted by Crippen LogP contribution is 2.35. The number of hydrogen-bond acceptors (Lipinski definition) is 6. The molecule has 8 nitrogen and oxygen atoms in total. The van der Waals surface area contributed by atoms with Gasteiger partial charge in [-0.25, -0.2) is 9.78 Å². The van der Waals surface area contributed by atoms with Gasteiger partial charge in [-0.05, 0) is 51.3 Å². The summed E-state index contributed by atoms with van der Waals surface area (Å²) in [6.45, 7) is 4.13. The van der Waals surface area contributed by atoms with Crippen LogP contribution in [0.5, 0.6) is 0 Å². The van der Waals surface area contributed by atoms with E-state index in [4.69, 9.17) is 11.6 Å². The first-order valence-electron chi connectivity index (χ1n) is 11.4. The van der Waals surface area contributed by atoms with Crippen LogP contribution >= 0.6 is 11.6 Å². The molecule has 3 aromatic rings. The van der Waals surface area contributed by atoms with Gasteiger partial charge in [0.05, 0.1) is 28.7 Å². The SMILES string of the molecule is Cn1c(=O)n(CCC(C)(C)O)c2cc(Nc3nc(N4CCC(C(F)(F)F)CC4)ncc3Cl)ccc21. The van der Waals surface area contributed by atoms with Crippen molar-refractivity contribution in [3.63, 3.8) is 0 Å². The summed E-state index contributed by atoms with van der Waals surface area (Å²) in [6, 6.07) is 5.39. The summed E-state index contributed by atoms with van der Waals surface area (Å²) in [7, 11) is 1.69. The minimum atomic E-state index is -4.19. The van der Waals surface area contributed by atoms with E-state index in [9.17, 15) is 23.1 Å². The van der Waals surface area contributed by atoms with Gasteiger partial charge in [0.15, 0.2) is 5.82 Å². The minimum absolute atomic E-state index is 0.00883. The second-order valence-electron chi connectivity index (χ2n) is 9.55. The number of benzene rings is 1. The second-order valence-corrected chi connectivity index (χ2v) is 9.96. The Morgan fingerprint density at radius 1 is 1.20 bits per heavy atom. The number of rotatable bonds is 6. The van der Waals surface area contributed by atoms with E-state index >= 15 is 0 Å². The Hall–Kier alpha value is -2.79. The molecule has 1 saturated heterocycles. The van der Waals surface area contributed by atoms with Crippen LogP contribution in [0.2, 0.25) is 5.02 Å². The van der Waals surface area contributed by atoms with Crippen LogP contribution in [0, 0.1) is 5.92 Å². The number of hydrogen-bond donors (Lipinski definition) is 2. The third kappa shape index (κ3) is 5.56. The van der Waals surface area contributed by atoms with Gasteiger partial charge in [-0.15, -0.1) is 0 Å². The lowest BCUT2D eigenvalue weighted by Gasteiger charge is -2.33. The van der Waals surface area contributed by atoms with Crippen LogP contribution < -0.4 is 15.9 Å². The van der Waals surface area contributed by atoms with E-state index < -0.39 is 17.7 Å².